The van der Waals surface area contributed by atoms with Crippen LogP contribution < -0.4 is 5.73 Å². The lowest BCUT2D eigenvalue weighted by Gasteiger charge is -1.63. The van der Waals surface area contributed by atoms with Crippen LogP contribution in [-0.2, 0) is 0 Å². The van der Waals surface area contributed by atoms with Gasteiger partial charge in [0, 0.05) is 0 Å². The molecule has 0 aromatic heterocycles. The van der Waals surface area contributed by atoms with Crippen molar-refractivity contribution in [2.75, 3.05) is 0 Å². The van der Waals surface area contributed by atoms with E-state index in [0.29, 0.717) is 0 Å². The highest BCUT2D eigenvalue weighted by atomic mass is 16.2. The average Bonchev–Trinajstić information content (AvgIpc) is 1.38. The molecule has 0 saturated carbocycles. The van der Waals surface area contributed by atoms with Crippen molar-refractivity contribution in [1.82, 2.24) is 0 Å². The van der Waals surface area contributed by atoms with Crippen LogP contribution in [-0.4, -0.2) is 6.03 Å². The quantitative estimate of drug-likeness (QED) is 0.392. The number of hydrogen-bond acceptors (Lipinski definition) is 2. The Morgan fingerprint density at radius 2 is 2.20 bits per heavy atom. The van der Waals surface area contributed by atoms with Crippen LogP contribution in [0.25, 0.3) is 0 Å². The number of urea groups is 1. The largest absolute Gasteiger partial charge is 0.356 e. The highest BCUT2D eigenvalue weighted by Crippen LogP contribution is 1.55. The summed E-state index contributed by atoms with van der Waals surface area (Å²) in [6.07, 6.45) is 0. The molecule has 0 bridgehead atoms. The molecule has 0 aliphatic heterocycles. The van der Waals surface area contributed by atoms with Gasteiger partial charge in [-0.25, -0.2) is 4.79 Å². The summed E-state index contributed by atoms with van der Waals surface area (Å²) in [5, 5.41) is 2.28. The van der Waals surface area contributed by atoms with Gasteiger partial charge in [0.1, 0.15) is 0 Å². The highest BCUT2D eigenvalue weighted by Gasteiger charge is 1.73. The summed E-state index contributed by atoms with van der Waals surface area (Å²) in [5.41, 5.74) is 10.1. The molecule has 2 amide bonds. The van der Waals surface area contributed by atoms with E-state index in [1.54, 1.807) is 0 Å². The topological polar surface area (TPSA) is 79.3 Å². The van der Waals surface area contributed by atoms with E-state index in [2.05, 4.69) is 10.8 Å². The van der Waals surface area contributed by atoms with E-state index in [4.69, 9.17) is 5.53 Å². The van der Waals surface area contributed by atoms with E-state index in [-0.39, 0.29) is 0 Å². The summed E-state index contributed by atoms with van der Waals surface area (Å²) in [5.74, 6) is 0. The predicted octanol–water partition coefficient (Wildman–Crippen LogP) is 0.0961. The van der Waals surface area contributed by atoms with Crippen LogP contribution in [0, 0.1) is 5.53 Å². The molecule has 28 valence electrons. The standard InChI is InChI=1S/CH3N3O/c2-1(5)4-3/h3H,(H2,2,5). The van der Waals surface area contributed by atoms with Gasteiger partial charge in [-0.05, 0) is 0 Å². The normalized spacial score (nSPS) is 6.40. The number of carbonyl (C=O) groups excluding carboxylic acids is 1. The zero-order chi connectivity index (χ0) is 4.28. The molecule has 0 aliphatic carbocycles. The Kier molecular flexibility index (Phi) is 1.14. The SMILES string of the molecule is N=NC(N)=O. The molecule has 3 N–H and O–H groups in total. The molecular formula is CH3N3O. The Labute approximate surface area is 28.5 Å². The fraction of sp³-hybridized carbons (Fsp3) is 0. The van der Waals surface area contributed by atoms with Gasteiger partial charge in [0.2, 0.25) is 0 Å². The number of primary amides is 1. The van der Waals surface area contributed by atoms with E-state index in [1.165, 1.54) is 0 Å². The van der Waals surface area contributed by atoms with E-state index in [1.807, 2.05) is 0 Å². The lowest BCUT2D eigenvalue weighted by molar-refractivity contribution is 0.255. The van der Waals surface area contributed by atoms with Crippen molar-refractivity contribution >= 4 is 6.03 Å². The molecule has 0 aromatic rings. The van der Waals surface area contributed by atoms with Crippen molar-refractivity contribution in [2.24, 2.45) is 10.8 Å². The molecule has 0 aromatic carbocycles. The van der Waals surface area contributed by atoms with Crippen molar-refractivity contribution in [3.63, 3.8) is 0 Å². The summed E-state index contributed by atoms with van der Waals surface area (Å²) in [4.78, 5) is 9.24. The Bertz CT molecular complexity index is 57.9. The Hall–Kier alpha value is -0.930. The predicted molar refractivity (Wildman–Crippen MR) is 14.7 cm³/mol. The lowest BCUT2D eigenvalue weighted by atomic mass is 11.2. The van der Waals surface area contributed by atoms with Gasteiger partial charge in [-0.1, -0.05) is 5.11 Å². The van der Waals surface area contributed by atoms with Gasteiger partial charge >= 0.3 is 6.03 Å². The third kappa shape index (κ3) is 3.07. The molecule has 0 heterocycles. The van der Waals surface area contributed by atoms with E-state index < -0.39 is 6.03 Å². The van der Waals surface area contributed by atoms with Crippen LogP contribution in [0.4, 0.5) is 4.79 Å². The summed E-state index contributed by atoms with van der Waals surface area (Å²) in [6, 6.07) is -0.954. The zero-order valence-electron chi connectivity index (χ0n) is 2.43. The van der Waals surface area contributed by atoms with Crippen LogP contribution in [0.5, 0.6) is 0 Å². The van der Waals surface area contributed by atoms with E-state index in [0.717, 1.165) is 0 Å². The first-order valence-electron chi connectivity index (χ1n) is 0.940. The Balaban J connectivity index is 3.20. The Morgan fingerprint density at radius 1 is 2.00 bits per heavy atom. The zero-order valence-corrected chi connectivity index (χ0v) is 2.43. The third-order valence-electron chi connectivity index (χ3n) is 0.110. The van der Waals surface area contributed by atoms with Crippen LogP contribution in [0.2, 0.25) is 0 Å². The lowest BCUT2D eigenvalue weighted by Crippen LogP contribution is -2.00. The second kappa shape index (κ2) is 1.40. The van der Waals surface area contributed by atoms with Crippen LogP contribution in [0.1, 0.15) is 0 Å². The number of nitrogens with zero attached hydrogens (tertiary/aromatic N) is 1. The summed E-state index contributed by atoms with van der Waals surface area (Å²) in [6.45, 7) is 0. The van der Waals surface area contributed by atoms with Gasteiger partial charge in [0.25, 0.3) is 0 Å². The molecular weight excluding hydrogens is 70.0 g/mol. The molecule has 0 rings (SSSR count). The van der Waals surface area contributed by atoms with Crippen molar-refractivity contribution in [2.45, 2.75) is 0 Å². The van der Waals surface area contributed by atoms with E-state index in [9.17, 15) is 4.79 Å². The molecule has 5 heavy (non-hydrogen) atoms. The van der Waals surface area contributed by atoms with Gasteiger partial charge in [0.15, 0.2) is 0 Å². The molecule has 0 unspecified atom stereocenters. The second-order valence-corrected chi connectivity index (χ2v) is 0.450. The smallest absolute Gasteiger partial charge is 0.348 e. The number of hydrogen-bond donors (Lipinski definition) is 2. The second-order valence-electron chi connectivity index (χ2n) is 0.450. The number of nitrogens with two attached hydrogens (primary N) is 1. The van der Waals surface area contributed by atoms with Crippen LogP contribution >= 0.6 is 0 Å². The van der Waals surface area contributed by atoms with Gasteiger partial charge in [-0.2, -0.15) is 5.53 Å². The minimum Gasteiger partial charge on any atom is -0.348 e. The third-order valence-corrected chi connectivity index (χ3v) is 0.110. The number of nitrogens with one attached hydrogen (secondary N) is 1. The monoisotopic (exact) mass is 73.0 g/mol. The van der Waals surface area contributed by atoms with Gasteiger partial charge < -0.3 is 5.73 Å². The van der Waals surface area contributed by atoms with Gasteiger partial charge in [-0.15, -0.1) is 0 Å². The molecule has 0 atom stereocenters. The maximum absolute atomic E-state index is 9.24. The Morgan fingerprint density at radius 3 is 2.20 bits per heavy atom. The highest BCUT2D eigenvalue weighted by molar-refractivity contribution is 5.71. The van der Waals surface area contributed by atoms with Crippen molar-refractivity contribution in [3.8, 4) is 0 Å². The first-order valence-corrected chi connectivity index (χ1v) is 0.940. The maximum atomic E-state index is 9.24. The van der Waals surface area contributed by atoms with Crippen molar-refractivity contribution < 1.29 is 4.79 Å². The summed E-state index contributed by atoms with van der Waals surface area (Å²) >= 11 is 0. The van der Waals surface area contributed by atoms with Gasteiger partial charge in [0.05, 0.1) is 0 Å². The molecule has 0 spiro atoms. The molecule has 0 saturated heterocycles. The summed E-state index contributed by atoms with van der Waals surface area (Å²) < 4.78 is 0. The summed E-state index contributed by atoms with van der Waals surface area (Å²) in [7, 11) is 0. The number of carbonyl (C=O) groups is 1. The van der Waals surface area contributed by atoms with Crippen LogP contribution in [0.15, 0.2) is 5.11 Å². The molecule has 0 radical (unpaired) electrons. The molecule has 0 fully saturated rings. The minimum atomic E-state index is -0.954. The minimum absolute atomic E-state index is 0.954. The van der Waals surface area contributed by atoms with Crippen molar-refractivity contribution in [3.05, 3.63) is 0 Å². The first-order chi connectivity index (χ1) is 2.27. The molecule has 4 nitrogen and oxygen atoms in total. The molecule has 0 aliphatic rings. The van der Waals surface area contributed by atoms with Gasteiger partial charge in [-0.3, -0.25) is 0 Å². The number of amides is 2. The van der Waals surface area contributed by atoms with E-state index >= 15 is 0 Å². The average molecular weight is 73.1 g/mol. The maximum Gasteiger partial charge on any atom is 0.356 e. The fourth-order valence-corrected chi connectivity index (χ4v) is 0. The molecule has 4 heteroatoms. The first kappa shape index (κ1) is 4.07. The van der Waals surface area contributed by atoms with Crippen LogP contribution in [0.3, 0.4) is 0 Å². The fourth-order valence-electron chi connectivity index (χ4n) is 0. The number of rotatable bonds is 0. The van der Waals surface area contributed by atoms with Crippen molar-refractivity contribution in [1.29, 1.82) is 5.53 Å².